The van der Waals surface area contributed by atoms with Gasteiger partial charge in [0.15, 0.2) is 0 Å². The first kappa shape index (κ1) is 14.0. The molecular formula is C15H22N2O2. The zero-order valence-electron chi connectivity index (χ0n) is 11.6. The Morgan fingerprint density at radius 3 is 2.84 bits per heavy atom. The molecule has 0 bridgehead atoms. The van der Waals surface area contributed by atoms with Crippen LogP contribution in [0, 0.1) is 0 Å². The highest BCUT2D eigenvalue weighted by Gasteiger charge is 2.31. The highest BCUT2D eigenvalue weighted by molar-refractivity contribution is 5.98. The van der Waals surface area contributed by atoms with Crippen molar-refractivity contribution in [3.8, 4) is 0 Å². The number of anilines is 1. The van der Waals surface area contributed by atoms with Crippen molar-refractivity contribution in [1.29, 1.82) is 0 Å². The second kappa shape index (κ2) is 6.17. The van der Waals surface area contributed by atoms with Gasteiger partial charge in [-0.3, -0.25) is 4.79 Å². The number of nitrogens with zero attached hydrogens (tertiary/aromatic N) is 1. The van der Waals surface area contributed by atoms with Gasteiger partial charge in [0.05, 0.1) is 6.61 Å². The van der Waals surface area contributed by atoms with Crippen LogP contribution in [0.4, 0.5) is 5.69 Å². The molecule has 4 nitrogen and oxygen atoms in total. The first-order valence-electron chi connectivity index (χ1n) is 6.94. The van der Waals surface area contributed by atoms with Gasteiger partial charge in [-0.1, -0.05) is 25.1 Å². The molecule has 4 heteroatoms. The molecule has 1 aliphatic rings. The van der Waals surface area contributed by atoms with Gasteiger partial charge in [-0.25, -0.2) is 0 Å². The molecule has 2 atom stereocenters. The lowest BCUT2D eigenvalue weighted by Crippen LogP contribution is -2.48. The smallest absolute Gasteiger partial charge is 0.246 e. The summed E-state index contributed by atoms with van der Waals surface area (Å²) in [5.41, 5.74) is 2.14. The second-order valence-corrected chi connectivity index (χ2v) is 5.02. The molecule has 1 aliphatic heterocycles. The van der Waals surface area contributed by atoms with Crippen molar-refractivity contribution in [2.24, 2.45) is 0 Å². The first-order chi connectivity index (χ1) is 9.19. The third-order valence-electron chi connectivity index (χ3n) is 3.74. The fourth-order valence-electron chi connectivity index (χ4n) is 2.61. The molecule has 2 rings (SSSR count). The van der Waals surface area contributed by atoms with Gasteiger partial charge >= 0.3 is 0 Å². The Bertz CT molecular complexity index is 448. The summed E-state index contributed by atoms with van der Waals surface area (Å²) in [6.07, 6.45) is 1.78. The Kier molecular flexibility index (Phi) is 4.56. The van der Waals surface area contributed by atoms with Crippen molar-refractivity contribution in [3.05, 3.63) is 29.8 Å². The highest BCUT2D eigenvalue weighted by atomic mass is 16.3. The van der Waals surface area contributed by atoms with Crippen molar-refractivity contribution in [3.63, 3.8) is 0 Å². The van der Waals surface area contributed by atoms with E-state index in [1.54, 1.807) is 0 Å². The molecule has 0 saturated carbocycles. The number of amides is 1. The fourth-order valence-corrected chi connectivity index (χ4v) is 2.61. The topological polar surface area (TPSA) is 52.6 Å². The number of carbonyl (C=O) groups excluding carboxylic acids is 1. The van der Waals surface area contributed by atoms with E-state index in [2.05, 4.69) is 25.2 Å². The van der Waals surface area contributed by atoms with Gasteiger partial charge in [0, 0.05) is 11.7 Å². The number of rotatable bonds is 3. The van der Waals surface area contributed by atoms with Crippen LogP contribution in [-0.2, 0) is 11.2 Å². The van der Waals surface area contributed by atoms with Crippen molar-refractivity contribution in [2.45, 2.75) is 38.8 Å². The van der Waals surface area contributed by atoms with Crippen LogP contribution in [0.1, 0.15) is 25.8 Å². The van der Waals surface area contributed by atoms with Crippen LogP contribution in [0.3, 0.4) is 0 Å². The molecule has 0 radical (unpaired) electrons. The average Bonchev–Trinajstić information content (AvgIpc) is 2.57. The van der Waals surface area contributed by atoms with Gasteiger partial charge in [0.25, 0.3) is 0 Å². The molecule has 2 N–H and O–H groups in total. The minimum absolute atomic E-state index is 0.0339. The predicted molar refractivity (Wildman–Crippen MR) is 76.3 cm³/mol. The summed E-state index contributed by atoms with van der Waals surface area (Å²) in [5.74, 6) is -0.0339. The van der Waals surface area contributed by atoms with E-state index in [-0.39, 0.29) is 18.6 Å². The number of hydrogen-bond acceptors (Lipinski definition) is 3. The fraction of sp³-hybridized carbons (Fsp3) is 0.533. The number of nitrogens with one attached hydrogen (secondary N) is 1. The van der Waals surface area contributed by atoms with E-state index < -0.39 is 6.04 Å². The summed E-state index contributed by atoms with van der Waals surface area (Å²) in [5, 5.41) is 12.5. The zero-order chi connectivity index (χ0) is 13.8. The van der Waals surface area contributed by atoms with Crippen molar-refractivity contribution in [2.75, 3.05) is 18.1 Å². The van der Waals surface area contributed by atoms with Crippen LogP contribution in [0.15, 0.2) is 24.3 Å². The number of aryl methyl sites for hydroxylation is 1. The van der Waals surface area contributed by atoms with E-state index in [0.29, 0.717) is 0 Å². The van der Waals surface area contributed by atoms with Gasteiger partial charge in [-0.2, -0.15) is 0 Å². The Morgan fingerprint density at radius 1 is 1.42 bits per heavy atom. The molecular weight excluding hydrogens is 240 g/mol. The third kappa shape index (κ3) is 2.80. The van der Waals surface area contributed by atoms with Crippen LogP contribution in [-0.4, -0.2) is 36.2 Å². The maximum absolute atomic E-state index is 12.6. The minimum atomic E-state index is -0.491. The largest absolute Gasteiger partial charge is 0.394 e. The third-order valence-corrected chi connectivity index (χ3v) is 3.74. The lowest BCUT2D eigenvalue weighted by Gasteiger charge is -2.30. The van der Waals surface area contributed by atoms with E-state index in [0.717, 1.165) is 25.1 Å². The molecule has 19 heavy (non-hydrogen) atoms. The quantitative estimate of drug-likeness (QED) is 0.864. The average molecular weight is 262 g/mol. The number of para-hydroxylation sites is 1. The maximum Gasteiger partial charge on any atom is 0.246 e. The number of aliphatic hydroxyl groups is 1. The molecule has 1 fully saturated rings. The molecule has 0 aromatic heterocycles. The molecule has 0 spiro atoms. The number of carbonyl (C=O) groups is 1. The van der Waals surface area contributed by atoms with Crippen LogP contribution in [0.25, 0.3) is 0 Å². The van der Waals surface area contributed by atoms with E-state index in [9.17, 15) is 9.90 Å². The number of benzene rings is 1. The van der Waals surface area contributed by atoms with Gasteiger partial charge in [-0.05, 0) is 37.9 Å². The lowest BCUT2D eigenvalue weighted by atomic mass is 10.1. The van der Waals surface area contributed by atoms with Crippen molar-refractivity contribution < 1.29 is 9.90 Å². The van der Waals surface area contributed by atoms with Gasteiger partial charge in [0.2, 0.25) is 5.91 Å². The van der Waals surface area contributed by atoms with Crippen LogP contribution in [0.2, 0.25) is 0 Å². The highest BCUT2D eigenvalue weighted by Crippen LogP contribution is 2.26. The summed E-state index contributed by atoms with van der Waals surface area (Å²) < 4.78 is 0. The Morgan fingerprint density at radius 2 is 2.16 bits per heavy atom. The van der Waals surface area contributed by atoms with Gasteiger partial charge in [0.1, 0.15) is 6.04 Å². The zero-order valence-corrected chi connectivity index (χ0v) is 11.6. The molecule has 104 valence electrons. The SMILES string of the molecule is CCc1ccccc1N1C(=O)C(CO)NCCC1C. The molecule has 2 unspecified atom stereocenters. The standard InChI is InChI=1S/C15H22N2O2/c1-3-12-6-4-5-7-14(12)17-11(2)8-9-16-13(10-18)15(17)19/h4-7,11,13,16,18H,3,8-10H2,1-2H3. The number of hydrogen-bond donors (Lipinski definition) is 2. The van der Waals surface area contributed by atoms with Crippen molar-refractivity contribution >= 4 is 11.6 Å². The van der Waals surface area contributed by atoms with Gasteiger partial charge in [-0.15, -0.1) is 0 Å². The first-order valence-corrected chi connectivity index (χ1v) is 6.94. The molecule has 1 aromatic carbocycles. The van der Waals surface area contributed by atoms with Crippen LogP contribution in [0.5, 0.6) is 0 Å². The normalized spacial score (nSPS) is 24.4. The van der Waals surface area contributed by atoms with E-state index in [4.69, 9.17) is 0 Å². The van der Waals surface area contributed by atoms with Crippen molar-refractivity contribution in [1.82, 2.24) is 5.32 Å². The van der Waals surface area contributed by atoms with Gasteiger partial charge < -0.3 is 15.3 Å². The molecule has 1 aromatic rings. The lowest BCUT2D eigenvalue weighted by molar-refractivity contribution is -0.121. The monoisotopic (exact) mass is 262 g/mol. The minimum Gasteiger partial charge on any atom is -0.394 e. The number of aliphatic hydroxyl groups excluding tert-OH is 1. The Hall–Kier alpha value is -1.39. The maximum atomic E-state index is 12.6. The molecule has 0 aliphatic carbocycles. The van der Waals surface area contributed by atoms with E-state index in [1.807, 2.05) is 23.1 Å². The van der Waals surface area contributed by atoms with E-state index in [1.165, 1.54) is 5.56 Å². The summed E-state index contributed by atoms with van der Waals surface area (Å²) in [4.78, 5) is 14.4. The van der Waals surface area contributed by atoms with Crippen LogP contribution >= 0.6 is 0 Å². The Balaban J connectivity index is 2.40. The molecule has 1 heterocycles. The summed E-state index contributed by atoms with van der Waals surface area (Å²) in [7, 11) is 0. The predicted octanol–water partition coefficient (Wildman–Crippen LogP) is 1.32. The molecule has 1 amide bonds. The van der Waals surface area contributed by atoms with Crippen LogP contribution < -0.4 is 10.2 Å². The molecule has 1 saturated heterocycles. The summed E-state index contributed by atoms with van der Waals surface area (Å²) >= 11 is 0. The Labute approximate surface area is 114 Å². The summed E-state index contributed by atoms with van der Waals surface area (Å²) in [6, 6.07) is 7.66. The summed E-state index contributed by atoms with van der Waals surface area (Å²) in [6.45, 7) is 4.75. The second-order valence-electron chi connectivity index (χ2n) is 5.02. The van der Waals surface area contributed by atoms with E-state index >= 15 is 0 Å².